The molecule has 0 aromatic heterocycles. The number of carbonyl (C=O) groups excluding carboxylic acids is 1. The first kappa shape index (κ1) is 9.47. The second-order valence-corrected chi connectivity index (χ2v) is 1.93. The third-order valence-corrected chi connectivity index (χ3v) is 1.11. The number of hydrogen-bond donors (Lipinski definition) is 0. The number of hydrogen-bond acceptors (Lipinski definition) is 2. The van der Waals surface area contributed by atoms with Crippen LogP contribution in [-0.2, 0) is 9.53 Å². The first-order chi connectivity index (χ1) is 4.72. The van der Waals surface area contributed by atoms with Gasteiger partial charge in [-0.25, -0.2) is 0 Å². The van der Waals surface area contributed by atoms with E-state index in [1.54, 1.807) is 26.2 Å². The van der Waals surface area contributed by atoms with Crippen molar-refractivity contribution in [2.45, 2.75) is 6.92 Å². The number of rotatable bonds is 4. The molecule has 0 rings (SSSR count). The molecule has 0 fully saturated rings. The van der Waals surface area contributed by atoms with Crippen molar-refractivity contribution in [3.63, 3.8) is 0 Å². The quantitative estimate of drug-likeness (QED) is 0.549. The Kier molecular flexibility index (Phi) is 4.99. The van der Waals surface area contributed by atoms with Gasteiger partial charge in [-0.1, -0.05) is 6.92 Å². The Morgan fingerprint density at radius 1 is 1.70 bits per heavy atom. The predicted molar refractivity (Wildman–Crippen MR) is 39.4 cm³/mol. The summed E-state index contributed by atoms with van der Waals surface area (Å²) >= 11 is 0. The van der Waals surface area contributed by atoms with Crippen molar-refractivity contribution >= 4 is 5.97 Å². The Morgan fingerprint density at radius 3 is 2.70 bits per heavy atom. The van der Waals surface area contributed by atoms with Crippen LogP contribution < -0.4 is 0 Å². The van der Waals surface area contributed by atoms with Crippen molar-refractivity contribution < 1.29 is 9.53 Å². The van der Waals surface area contributed by atoms with Gasteiger partial charge in [0.1, 0.15) is 0 Å². The van der Waals surface area contributed by atoms with Gasteiger partial charge >= 0.3 is 5.97 Å². The van der Waals surface area contributed by atoms with E-state index in [1.165, 1.54) is 7.11 Å². The SMILES string of the molecule is [CH2][CH][CH][CH][C@H](C)C(=O)OC. The number of unbranched alkanes of at least 4 members (excludes halogenated alkanes) is 1. The summed E-state index contributed by atoms with van der Waals surface area (Å²) in [7, 11) is 1.38. The van der Waals surface area contributed by atoms with Crippen molar-refractivity contribution in [1.29, 1.82) is 0 Å². The molecule has 0 aliphatic heterocycles. The minimum atomic E-state index is -0.224. The lowest BCUT2D eigenvalue weighted by molar-refractivity contribution is -0.143. The molecule has 0 aromatic carbocycles. The molecule has 2 nitrogen and oxygen atoms in total. The highest BCUT2D eigenvalue weighted by Gasteiger charge is 2.11. The van der Waals surface area contributed by atoms with E-state index < -0.39 is 0 Å². The number of methoxy groups -OCH3 is 1. The fourth-order valence-corrected chi connectivity index (χ4v) is 0.510. The third-order valence-electron chi connectivity index (χ3n) is 1.11. The summed E-state index contributed by atoms with van der Waals surface area (Å²) in [5, 5.41) is 0. The van der Waals surface area contributed by atoms with E-state index in [4.69, 9.17) is 0 Å². The molecule has 0 saturated carbocycles. The molecule has 56 valence electrons. The molecule has 0 aliphatic carbocycles. The second-order valence-electron chi connectivity index (χ2n) is 1.93. The lowest BCUT2D eigenvalue weighted by Crippen LogP contribution is -2.12. The van der Waals surface area contributed by atoms with Gasteiger partial charge in [0.15, 0.2) is 0 Å². The number of esters is 1. The first-order valence-electron chi connectivity index (χ1n) is 3.09. The molecule has 0 bridgehead atoms. The third kappa shape index (κ3) is 3.49. The van der Waals surface area contributed by atoms with Crippen LogP contribution in [0.3, 0.4) is 0 Å². The lowest BCUT2D eigenvalue weighted by Gasteiger charge is -2.05. The number of ether oxygens (including phenoxy) is 1. The molecule has 0 saturated heterocycles. The molecular weight excluding hydrogens is 128 g/mol. The van der Waals surface area contributed by atoms with E-state index in [-0.39, 0.29) is 11.9 Å². The van der Waals surface area contributed by atoms with Crippen LogP contribution in [0.25, 0.3) is 0 Å². The Balaban J connectivity index is 3.41. The molecule has 4 radical (unpaired) electrons. The Morgan fingerprint density at radius 2 is 2.30 bits per heavy atom. The van der Waals surface area contributed by atoms with Gasteiger partial charge in [0.25, 0.3) is 0 Å². The maximum absolute atomic E-state index is 10.7. The standard InChI is InChI=1S/C8H12O2/c1-4-5-6-7(2)8(9)10-3/h4-7H,1H2,2-3H3/t7-/m0/s1. The maximum atomic E-state index is 10.7. The van der Waals surface area contributed by atoms with Gasteiger partial charge in [0, 0.05) is 0 Å². The van der Waals surface area contributed by atoms with E-state index in [0.717, 1.165) is 0 Å². The topological polar surface area (TPSA) is 26.3 Å². The van der Waals surface area contributed by atoms with Crippen molar-refractivity contribution in [2.24, 2.45) is 5.92 Å². The summed E-state index contributed by atoms with van der Waals surface area (Å²) in [6.07, 6.45) is 5.08. The molecule has 1 atom stereocenters. The van der Waals surface area contributed by atoms with Gasteiger partial charge < -0.3 is 4.74 Å². The largest absolute Gasteiger partial charge is 0.469 e. The van der Waals surface area contributed by atoms with E-state index in [9.17, 15) is 4.79 Å². The summed E-state index contributed by atoms with van der Waals surface area (Å²) in [6.45, 7) is 5.25. The van der Waals surface area contributed by atoms with Crippen LogP contribution in [-0.4, -0.2) is 13.1 Å². The van der Waals surface area contributed by atoms with Crippen molar-refractivity contribution in [3.05, 3.63) is 26.2 Å². The monoisotopic (exact) mass is 140 g/mol. The zero-order valence-corrected chi connectivity index (χ0v) is 6.33. The van der Waals surface area contributed by atoms with E-state index >= 15 is 0 Å². The van der Waals surface area contributed by atoms with Gasteiger partial charge in [-0.15, -0.1) is 0 Å². The smallest absolute Gasteiger partial charge is 0.308 e. The molecule has 10 heavy (non-hydrogen) atoms. The minimum absolute atomic E-state index is 0.178. The summed E-state index contributed by atoms with van der Waals surface area (Å²) < 4.78 is 4.48. The highest BCUT2D eigenvalue weighted by Crippen LogP contribution is 2.05. The van der Waals surface area contributed by atoms with E-state index in [2.05, 4.69) is 11.7 Å². The molecule has 0 heterocycles. The summed E-state index contributed by atoms with van der Waals surface area (Å²) in [4.78, 5) is 10.7. The maximum Gasteiger partial charge on any atom is 0.308 e. The second kappa shape index (κ2) is 5.27. The van der Waals surface area contributed by atoms with Gasteiger partial charge in [0.2, 0.25) is 0 Å². The lowest BCUT2D eigenvalue weighted by atomic mass is 10.1. The zero-order valence-electron chi connectivity index (χ0n) is 6.33. The zero-order chi connectivity index (χ0) is 7.98. The Labute approximate surface area is 62.6 Å². The fourth-order valence-electron chi connectivity index (χ4n) is 0.510. The Hall–Kier alpha value is -0.530. The average Bonchev–Trinajstić information content (AvgIpc) is 1.98. The average molecular weight is 140 g/mol. The van der Waals surface area contributed by atoms with Gasteiger partial charge in [-0.2, -0.15) is 0 Å². The highest BCUT2D eigenvalue weighted by molar-refractivity contribution is 5.73. The summed E-state index contributed by atoms with van der Waals surface area (Å²) in [6, 6.07) is 0. The van der Waals surface area contributed by atoms with Gasteiger partial charge in [0.05, 0.1) is 13.0 Å². The van der Waals surface area contributed by atoms with E-state index in [1.807, 2.05) is 0 Å². The van der Waals surface area contributed by atoms with Crippen molar-refractivity contribution in [1.82, 2.24) is 0 Å². The van der Waals surface area contributed by atoms with Crippen molar-refractivity contribution in [2.75, 3.05) is 7.11 Å². The summed E-state index contributed by atoms with van der Waals surface area (Å²) in [5.41, 5.74) is 0. The van der Waals surface area contributed by atoms with Crippen LogP contribution in [0.1, 0.15) is 6.92 Å². The van der Waals surface area contributed by atoms with Crippen LogP contribution >= 0.6 is 0 Å². The van der Waals surface area contributed by atoms with Gasteiger partial charge in [-0.05, 0) is 26.2 Å². The van der Waals surface area contributed by atoms with Crippen LogP contribution in [0.2, 0.25) is 0 Å². The van der Waals surface area contributed by atoms with E-state index in [0.29, 0.717) is 0 Å². The molecule has 0 spiro atoms. The van der Waals surface area contributed by atoms with Crippen LogP contribution in [0.15, 0.2) is 0 Å². The molecule has 0 amide bonds. The van der Waals surface area contributed by atoms with Crippen LogP contribution in [0, 0.1) is 32.1 Å². The Bertz CT molecular complexity index is 99.4. The summed E-state index contributed by atoms with van der Waals surface area (Å²) in [5.74, 6) is -0.402. The molecule has 0 aliphatic rings. The van der Waals surface area contributed by atoms with Crippen molar-refractivity contribution in [3.8, 4) is 0 Å². The minimum Gasteiger partial charge on any atom is -0.469 e. The van der Waals surface area contributed by atoms with Gasteiger partial charge in [-0.3, -0.25) is 4.79 Å². The van der Waals surface area contributed by atoms with Crippen LogP contribution in [0.4, 0.5) is 0 Å². The first-order valence-corrected chi connectivity index (χ1v) is 3.09. The molecule has 2 heteroatoms. The molecule has 0 aromatic rings. The fraction of sp³-hybridized carbons (Fsp3) is 0.375. The highest BCUT2D eigenvalue weighted by atomic mass is 16.5. The molecular formula is C8H12O2. The normalized spacial score (nSPS) is 12.7. The molecule has 0 N–H and O–H groups in total. The number of carbonyl (C=O) groups is 1. The van der Waals surface area contributed by atoms with Crippen LogP contribution in [0.5, 0.6) is 0 Å². The predicted octanol–water partition coefficient (Wildman–Crippen LogP) is 1.24. The molecule has 0 unspecified atom stereocenters.